The minimum Gasteiger partial charge on any atom is -0.478 e. The average molecular weight is 182 g/mol. The molecule has 0 saturated carbocycles. The van der Waals surface area contributed by atoms with Crippen LogP contribution in [-0.2, 0) is 4.79 Å². The zero-order chi connectivity index (χ0) is 9.78. The maximum Gasteiger partial charge on any atom is 0.389 e. The van der Waals surface area contributed by atoms with Gasteiger partial charge >= 0.3 is 12.1 Å². The zero-order valence-corrected chi connectivity index (χ0v) is 6.48. The van der Waals surface area contributed by atoms with E-state index in [9.17, 15) is 18.0 Å². The van der Waals surface area contributed by atoms with E-state index >= 15 is 0 Å². The summed E-state index contributed by atoms with van der Waals surface area (Å²) in [6.07, 6.45) is -4.40. The Morgan fingerprint density at radius 2 is 2.00 bits per heavy atom. The molecular formula is C7H9F3O2. The zero-order valence-electron chi connectivity index (χ0n) is 6.48. The molecule has 0 heterocycles. The van der Waals surface area contributed by atoms with Gasteiger partial charge in [0, 0.05) is 12.0 Å². The molecule has 0 atom stereocenters. The fourth-order valence-electron chi connectivity index (χ4n) is 0.540. The van der Waals surface area contributed by atoms with E-state index in [0.29, 0.717) is 0 Å². The Morgan fingerprint density at radius 1 is 1.50 bits per heavy atom. The van der Waals surface area contributed by atoms with Crippen molar-refractivity contribution in [1.82, 2.24) is 0 Å². The third kappa shape index (κ3) is 5.76. The second-order valence-electron chi connectivity index (χ2n) is 2.35. The van der Waals surface area contributed by atoms with E-state index in [2.05, 4.69) is 0 Å². The smallest absolute Gasteiger partial charge is 0.389 e. The molecular weight excluding hydrogens is 173 g/mol. The fourth-order valence-corrected chi connectivity index (χ4v) is 0.540. The van der Waals surface area contributed by atoms with E-state index in [1.165, 1.54) is 6.92 Å². The molecule has 5 heteroatoms. The van der Waals surface area contributed by atoms with Crippen LogP contribution in [0.2, 0.25) is 0 Å². The third-order valence-electron chi connectivity index (χ3n) is 1.22. The Labute approximate surface area is 67.7 Å². The van der Waals surface area contributed by atoms with Crippen LogP contribution in [0.3, 0.4) is 0 Å². The normalized spacial score (nSPS) is 13.2. The number of carboxylic acids is 1. The number of halogens is 3. The van der Waals surface area contributed by atoms with Gasteiger partial charge in [-0.25, -0.2) is 4.79 Å². The summed E-state index contributed by atoms with van der Waals surface area (Å²) >= 11 is 0. The van der Waals surface area contributed by atoms with Gasteiger partial charge in [0.2, 0.25) is 0 Å². The summed E-state index contributed by atoms with van der Waals surface area (Å²) < 4.78 is 34.6. The average Bonchev–Trinajstić information content (AvgIpc) is 1.84. The van der Waals surface area contributed by atoms with E-state index < -0.39 is 18.6 Å². The van der Waals surface area contributed by atoms with E-state index in [0.717, 1.165) is 6.08 Å². The summed E-state index contributed by atoms with van der Waals surface area (Å²) in [5.41, 5.74) is -0.0562. The van der Waals surface area contributed by atoms with Crippen LogP contribution in [0.25, 0.3) is 0 Å². The number of carboxylic acid groups (broad SMARTS) is 1. The Hall–Kier alpha value is -1.00. The number of hydrogen-bond donors (Lipinski definition) is 1. The lowest BCUT2D eigenvalue weighted by molar-refractivity contribution is -0.135. The lowest BCUT2D eigenvalue weighted by atomic mass is 10.2. The van der Waals surface area contributed by atoms with E-state index in [4.69, 9.17) is 5.11 Å². The number of rotatable bonds is 3. The van der Waals surface area contributed by atoms with Crippen LogP contribution in [0.1, 0.15) is 19.8 Å². The first kappa shape index (κ1) is 11.0. The molecule has 0 aromatic heterocycles. The van der Waals surface area contributed by atoms with Crippen molar-refractivity contribution in [3.8, 4) is 0 Å². The van der Waals surface area contributed by atoms with Gasteiger partial charge in [0.1, 0.15) is 0 Å². The van der Waals surface area contributed by atoms with Gasteiger partial charge < -0.3 is 5.11 Å². The van der Waals surface area contributed by atoms with E-state index in [-0.39, 0.29) is 12.0 Å². The highest BCUT2D eigenvalue weighted by Gasteiger charge is 2.25. The van der Waals surface area contributed by atoms with Crippen LogP contribution in [0.5, 0.6) is 0 Å². The first-order chi connectivity index (χ1) is 5.33. The van der Waals surface area contributed by atoms with Crippen molar-refractivity contribution in [2.45, 2.75) is 25.9 Å². The molecule has 0 amide bonds. The predicted molar refractivity (Wildman–Crippen MR) is 36.7 cm³/mol. The SMILES string of the molecule is C/C(=C\CCC(F)(F)F)C(=O)O. The molecule has 0 aromatic carbocycles. The number of hydrogen-bond acceptors (Lipinski definition) is 1. The molecule has 12 heavy (non-hydrogen) atoms. The number of allylic oxidation sites excluding steroid dienone is 1. The van der Waals surface area contributed by atoms with Crippen molar-refractivity contribution in [3.05, 3.63) is 11.6 Å². The Kier molecular flexibility index (Phi) is 3.79. The topological polar surface area (TPSA) is 37.3 Å². The van der Waals surface area contributed by atoms with Crippen LogP contribution < -0.4 is 0 Å². The Morgan fingerprint density at radius 3 is 2.33 bits per heavy atom. The minimum atomic E-state index is -4.21. The van der Waals surface area contributed by atoms with Gasteiger partial charge in [-0.05, 0) is 13.3 Å². The Bertz CT molecular complexity index is 193. The first-order valence-corrected chi connectivity index (χ1v) is 3.30. The van der Waals surface area contributed by atoms with Crippen LogP contribution in [0, 0.1) is 0 Å². The van der Waals surface area contributed by atoms with Crippen LogP contribution in [0.4, 0.5) is 13.2 Å². The molecule has 0 spiro atoms. The monoisotopic (exact) mass is 182 g/mol. The van der Waals surface area contributed by atoms with Gasteiger partial charge in [0.15, 0.2) is 0 Å². The van der Waals surface area contributed by atoms with Gasteiger partial charge in [-0.15, -0.1) is 0 Å². The molecule has 0 aliphatic rings. The summed E-state index contributed by atoms with van der Waals surface area (Å²) in [5, 5.41) is 8.26. The highest BCUT2D eigenvalue weighted by Crippen LogP contribution is 2.21. The van der Waals surface area contributed by atoms with Crippen molar-refractivity contribution in [1.29, 1.82) is 0 Å². The van der Waals surface area contributed by atoms with Crippen LogP contribution >= 0.6 is 0 Å². The molecule has 2 nitrogen and oxygen atoms in total. The quantitative estimate of drug-likeness (QED) is 0.680. The molecule has 0 bridgehead atoms. The van der Waals surface area contributed by atoms with E-state index in [1.807, 2.05) is 0 Å². The maximum absolute atomic E-state index is 11.5. The minimum absolute atomic E-state index is 0.0562. The Balaban J connectivity index is 3.83. The molecule has 0 fully saturated rings. The molecule has 0 radical (unpaired) electrons. The summed E-state index contributed by atoms with van der Waals surface area (Å²) in [5.74, 6) is -1.18. The van der Waals surface area contributed by atoms with Gasteiger partial charge in [0.25, 0.3) is 0 Å². The van der Waals surface area contributed by atoms with Crippen molar-refractivity contribution in [3.63, 3.8) is 0 Å². The van der Waals surface area contributed by atoms with Gasteiger partial charge in [-0.3, -0.25) is 0 Å². The highest BCUT2D eigenvalue weighted by atomic mass is 19.4. The molecule has 0 aliphatic carbocycles. The standard InChI is InChI=1S/C7H9F3O2/c1-5(6(11)12)3-2-4-7(8,9)10/h3H,2,4H2,1H3,(H,11,12)/b5-3+. The number of alkyl halides is 3. The van der Waals surface area contributed by atoms with Gasteiger partial charge in [0.05, 0.1) is 0 Å². The third-order valence-corrected chi connectivity index (χ3v) is 1.22. The lowest BCUT2D eigenvalue weighted by Crippen LogP contribution is -2.06. The number of carbonyl (C=O) groups is 1. The summed E-state index contributed by atoms with van der Waals surface area (Å²) in [6.45, 7) is 1.26. The van der Waals surface area contributed by atoms with Crippen molar-refractivity contribution >= 4 is 5.97 Å². The first-order valence-electron chi connectivity index (χ1n) is 3.30. The molecule has 0 unspecified atom stereocenters. The molecule has 0 saturated heterocycles. The summed E-state index contributed by atoms with van der Waals surface area (Å²) in [7, 11) is 0. The summed E-state index contributed by atoms with van der Waals surface area (Å²) in [6, 6.07) is 0. The second kappa shape index (κ2) is 4.13. The van der Waals surface area contributed by atoms with Crippen molar-refractivity contribution in [2.24, 2.45) is 0 Å². The lowest BCUT2D eigenvalue weighted by Gasteiger charge is -2.02. The molecule has 0 rings (SSSR count). The number of aliphatic carboxylic acids is 1. The fraction of sp³-hybridized carbons (Fsp3) is 0.571. The van der Waals surface area contributed by atoms with Crippen LogP contribution in [-0.4, -0.2) is 17.3 Å². The molecule has 70 valence electrons. The second-order valence-corrected chi connectivity index (χ2v) is 2.35. The summed E-state index contributed by atoms with van der Waals surface area (Å²) in [4.78, 5) is 10.1. The van der Waals surface area contributed by atoms with Crippen LogP contribution in [0.15, 0.2) is 11.6 Å². The van der Waals surface area contributed by atoms with Crippen molar-refractivity contribution < 1.29 is 23.1 Å². The van der Waals surface area contributed by atoms with E-state index in [1.54, 1.807) is 0 Å². The van der Waals surface area contributed by atoms with Gasteiger partial charge in [-0.2, -0.15) is 13.2 Å². The predicted octanol–water partition coefficient (Wildman–Crippen LogP) is 2.36. The molecule has 0 aromatic rings. The van der Waals surface area contributed by atoms with Crippen molar-refractivity contribution in [2.75, 3.05) is 0 Å². The molecule has 0 aliphatic heterocycles. The highest BCUT2D eigenvalue weighted by molar-refractivity contribution is 5.85. The molecule has 1 N–H and O–H groups in total. The van der Waals surface area contributed by atoms with Gasteiger partial charge in [-0.1, -0.05) is 6.08 Å². The largest absolute Gasteiger partial charge is 0.478 e. The maximum atomic E-state index is 11.5.